The van der Waals surface area contributed by atoms with Crippen LogP contribution < -0.4 is 0 Å². The minimum absolute atomic E-state index is 0.281. The molecule has 1 fully saturated rings. The summed E-state index contributed by atoms with van der Waals surface area (Å²) in [7, 11) is -3.56. The van der Waals surface area contributed by atoms with Gasteiger partial charge in [-0.3, -0.25) is 0 Å². The molecule has 0 atom stereocenters. The van der Waals surface area contributed by atoms with E-state index >= 15 is 0 Å². The lowest BCUT2D eigenvalue weighted by atomic mass is 10.1. The predicted molar refractivity (Wildman–Crippen MR) is 107 cm³/mol. The number of aromatic nitrogens is 4. The van der Waals surface area contributed by atoms with E-state index in [-0.39, 0.29) is 4.90 Å². The molecule has 1 aliphatic heterocycles. The Hall–Kier alpha value is -2.58. The molecule has 8 heteroatoms. The van der Waals surface area contributed by atoms with E-state index < -0.39 is 10.0 Å². The van der Waals surface area contributed by atoms with Crippen LogP contribution in [-0.4, -0.2) is 45.8 Å². The third-order valence-electron chi connectivity index (χ3n) is 5.07. The summed E-state index contributed by atoms with van der Waals surface area (Å²) in [6.45, 7) is 4.63. The van der Waals surface area contributed by atoms with Crippen LogP contribution in [0.4, 0.5) is 0 Å². The topological polar surface area (TPSA) is 81.0 Å². The second-order valence-electron chi connectivity index (χ2n) is 7.02. The van der Waals surface area contributed by atoms with Crippen molar-refractivity contribution in [2.24, 2.45) is 0 Å². The zero-order valence-corrected chi connectivity index (χ0v) is 16.9. The minimum Gasteiger partial charge on any atom is -0.216 e. The molecule has 0 spiro atoms. The number of rotatable bonds is 4. The van der Waals surface area contributed by atoms with Crippen LogP contribution in [0.1, 0.15) is 30.7 Å². The Morgan fingerprint density at radius 3 is 2.25 bits per heavy atom. The van der Waals surface area contributed by atoms with Crippen molar-refractivity contribution < 1.29 is 8.42 Å². The first kappa shape index (κ1) is 18.8. The van der Waals surface area contributed by atoms with Crippen LogP contribution in [0.3, 0.4) is 0 Å². The van der Waals surface area contributed by atoms with Gasteiger partial charge in [-0.1, -0.05) is 36.8 Å². The fraction of sp³-hybridized carbons (Fsp3) is 0.350. The van der Waals surface area contributed by atoms with Crippen molar-refractivity contribution in [1.29, 1.82) is 0 Å². The molecule has 0 radical (unpaired) electrons. The highest BCUT2D eigenvalue weighted by molar-refractivity contribution is 7.89. The number of piperidine rings is 1. The first-order valence-corrected chi connectivity index (χ1v) is 10.9. The van der Waals surface area contributed by atoms with Crippen LogP contribution in [0.25, 0.3) is 17.1 Å². The van der Waals surface area contributed by atoms with Crippen LogP contribution in [0.5, 0.6) is 0 Å². The summed E-state index contributed by atoms with van der Waals surface area (Å²) in [5, 5.41) is 13.0. The van der Waals surface area contributed by atoms with Gasteiger partial charge in [0.1, 0.15) is 4.90 Å². The maximum atomic E-state index is 13.1. The van der Waals surface area contributed by atoms with Crippen molar-refractivity contribution in [2.45, 2.75) is 38.0 Å². The molecular formula is C20H23N5O2S. The minimum atomic E-state index is -3.56. The highest BCUT2D eigenvalue weighted by Gasteiger charge is 2.32. The molecule has 146 valence electrons. The zero-order valence-electron chi connectivity index (χ0n) is 16.0. The molecule has 0 N–H and O–H groups in total. The third kappa shape index (κ3) is 3.33. The Bertz CT molecular complexity index is 1070. The Morgan fingerprint density at radius 1 is 0.893 bits per heavy atom. The molecule has 3 aromatic rings. The van der Waals surface area contributed by atoms with Gasteiger partial charge in [-0.15, -0.1) is 10.2 Å². The molecule has 3 heterocycles. The third-order valence-corrected chi connectivity index (χ3v) is 7.23. The number of aryl methyl sites for hydroxylation is 1. The van der Waals surface area contributed by atoms with E-state index in [1.165, 1.54) is 0 Å². The Labute approximate surface area is 165 Å². The lowest BCUT2D eigenvalue weighted by Gasteiger charge is -2.25. The number of nitrogens with zero attached hydrogens (tertiary/aromatic N) is 5. The lowest BCUT2D eigenvalue weighted by molar-refractivity contribution is 0.346. The summed E-state index contributed by atoms with van der Waals surface area (Å²) in [5.74, 6) is 0.500. The molecule has 4 rings (SSSR count). The van der Waals surface area contributed by atoms with Gasteiger partial charge in [0.05, 0.1) is 17.1 Å². The first-order chi connectivity index (χ1) is 13.5. The molecule has 0 aliphatic carbocycles. The zero-order chi connectivity index (χ0) is 19.7. The largest absolute Gasteiger partial charge is 0.246 e. The van der Waals surface area contributed by atoms with Crippen LogP contribution in [-0.2, 0) is 10.0 Å². The quantitative estimate of drug-likeness (QED) is 0.676. The fourth-order valence-corrected chi connectivity index (χ4v) is 5.53. The number of hydrogen-bond acceptors (Lipinski definition) is 5. The van der Waals surface area contributed by atoms with Crippen molar-refractivity contribution >= 4 is 10.0 Å². The molecular weight excluding hydrogens is 374 g/mol. The van der Waals surface area contributed by atoms with E-state index in [1.54, 1.807) is 22.8 Å². The van der Waals surface area contributed by atoms with Crippen LogP contribution in [0.15, 0.2) is 47.4 Å². The van der Waals surface area contributed by atoms with Gasteiger partial charge in [0, 0.05) is 18.7 Å². The Morgan fingerprint density at radius 2 is 1.61 bits per heavy atom. The average molecular weight is 398 g/mol. The highest BCUT2D eigenvalue weighted by atomic mass is 32.2. The van der Waals surface area contributed by atoms with E-state index in [0.29, 0.717) is 30.3 Å². The van der Waals surface area contributed by atoms with E-state index in [4.69, 9.17) is 0 Å². The van der Waals surface area contributed by atoms with Crippen molar-refractivity contribution in [3.63, 3.8) is 0 Å². The summed E-state index contributed by atoms with van der Waals surface area (Å²) in [5.41, 5.74) is 2.78. The van der Waals surface area contributed by atoms with Crippen LogP contribution in [0, 0.1) is 13.8 Å². The summed E-state index contributed by atoms with van der Waals surface area (Å²) in [6, 6.07) is 13.5. The molecule has 0 amide bonds. The molecule has 0 unspecified atom stereocenters. The molecule has 1 saturated heterocycles. The summed E-state index contributed by atoms with van der Waals surface area (Å²) in [6.07, 6.45) is 2.88. The molecule has 0 saturated carbocycles. The van der Waals surface area contributed by atoms with Crippen molar-refractivity contribution in [1.82, 2.24) is 24.3 Å². The monoisotopic (exact) mass is 397 g/mol. The predicted octanol–water partition coefficient (Wildman–Crippen LogP) is 3.12. The second kappa shape index (κ2) is 7.44. The van der Waals surface area contributed by atoms with Crippen LogP contribution in [0.2, 0.25) is 0 Å². The normalized spacial score (nSPS) is 15.6. The molecule has 7 nitrogen and oxygen atoms in total. The molecule has 2 aromatic heterocycles. The Kier molecular flexibility index (Phi) is 4.99. The standard InChI is InChI=1S/C20H23N5O2S/c1-15-20(28(26,27)24-13-7-4-8-14-24)16(2)25(23-15)19-12-11-18(21-22-19)17-9-5-3-6-10-17/h3,5-6,9-12H,4,7-8,13-14H2,1-2H3. The molecule has 1 aliphatic rings. The highest BCUT2D eigenvalue weighted by Crippen LogP contribution is 2.27. The molecule has 1 aromatic carbocycles. The maximum Gasteiger partial charge on any atom is 0.246 e. The summed E-state index contributed by atoms with van der Waals surface area (Å²) >= 11 is 0. The SMILES string of the molecule is Cc1nn(-c2ccc(-c3ccccc3)nn2)c(C)c1S(=O)(=O)N1CCCCC1. The van der Waals surface area contributed by atoms with Gasteiger partial charge >= 0.3 is 0 Å². The van der Waals surface area contributed by atoms with E-state index in [2.05, 4.69) is 15.3 Å². The molecule has 28 heavy (non-hydrogen) atoms. The number of hydrogen-bond donors (Lipinski definition) is 0. The van der Waals surface area contributed by atoms with E-state index in [9.17, 15) is 8.42 Å². The number of sulfonamides is 1. The summed E-state index contributed by atoms with van der Waals surface area (Å²) in [4.78, 5) is 0.281. The second-order valence-corrected chi connectivity index (χ2v) is 8.89. The van der Waals surface area contributed by atoms with Crippen molar-refractivity contribution in [2.75, 3.05) is 13.1 Å². The van der Waals surface area contributed by atoms with E-state index in [0.717, 1.165) is 30.5 Å². The van der Waals surface area contributed by atoms with Gasteiger partial charge < -0.3 is 0 Å². The van der Waals surface area contributed by atoms with Gasteiger partial charge in [-0.25, -0.2) is 13.1 Å². The summed E-state index contributed by atoms with van der Waals surface area (Å²) < 4.78 is 29.4. The first-order valence-electron chi connectivity index (χ1n) is 9.44. The van der Waals surface area contributed by atoms with Gasteiger partial charge in [-0.2, -0.15) is 9.40 Å². The van der Waals surface area contributed by atoms with Gasteiger partial charge in [0.15, 0.2) is 5.82 Å². The molecule has 0 bridgehead atoms. The van der Waals surface area contributed by atoms with Crippen LogP contribution >= 0.6 is 0 Å². The number of benzene rings is 1. The van der Waals surface area contributed by atoms with E-state index in [1.807, 2.05) is 42.5 Å². The lowest BCUT2D eigenvalue weighted by Crippen LogP contribution is -2.36. The van der Waals surface area contributed by atoms with Crippen molar-refractivity contribution in [3.05, 3.63) is 53.9 Å². The van der Waals surface area contributed by atoms with Gasteiger partial charge in [-0.05, 0) is 38.8 Å². The maximum absolute atomic E-state index is 13.1. The smallest absolute Gasteiger partial charge is 0.216 e. The van der Waals surface area contributed by atoms with Gasteiger partial charge in [0.2, 0.25) is 10.0 Å². The Balaban J connectivity index is 1.69. The van der Waals surface area contributed by atoms with Gasteiger partial charge in [0.25, 0.3) is 0 Å². The van der Waals surface area contributed by atoms with Crippen molar-refractivity contribution in [3.8, 4) is 17.1 Å². The fourth-order valence-electron chi connectivity index (χ4n) is 3.66. The average Bonchev–Trinajstić information content (AvgIpc) is 3.04.